The van der Waals surface area contributed by atoms with Crippen LogP contribution in [-0.4, -0.2) is 9.78 Å². The Hall–Kier alpha value is -2.56. The SMILES string of the molecule is Cn1nc(CCc2ccco2)c(-c2cccc(F)c2)c1N. The van der Waals surface area contributed by atoms with Gasteiger partial charge in [-0.1, -0.05) is 12.1 Å². The van der Waals surface area contributed by atoms with Crippen molar-refractivity contribution in [1.82, 2.24) is 9.78 Å². The smallest absolute Gasteiger partial charge is 0.129 e. The molecule has 1 aromatic carbocycles. The number of aromatic nitrogens is 2. The molecule has 4 nitrogen and oxygen atoms in total. The van der Waals surface area contributed by atoms with Crippen LogP contribution in [0.15, 0.2) is 47.1 Å². The van der Waals surface area contributed by atoms with Gasteiger partial charge in [-0.15, -0.1) is 0 Å². The van der Waals surface area contributed by atoms with Crippen molar-refractivity contribution < 1.29 is 8.81 Å². The predicted octanol–water partition coefficient (Wildman–Crippen LogP) is 3.19. The van der Waals surface area contributed by atoms with E-state index in [2.05, 4.69) is 5.10 Å². The Labute approximate surface area is 122 Å². The molecule has 0 aliphatic rings. The molecule has 0 bridgehead atoms. The molecule has 108 valence electrons. The maximum Gasteiger partial charge on any atom is 0.129 e. The first-order valence-corrected chi connectivity index (χ1v) is 6.75. The highest BCUT2D eigenvalue weighted by Crippen LogP contribution is 2.30. The number of hydrogen-bond donors (Lipinski definition) is 1. The van der Waals surface area contributed by atoms with Crippen LogP contribution >= 0.6 is 0 Å². The zero-order valence-corrected chi connectivity index (χ0v) is 11.7. The Kier molecular flexibility index (Phi) is 3.48. The fourth-order valence-corrected chi connectivity index (χ4v) is 2.42. The standard InChI is InChI=1S/C16H16FN3O/c1-20-16(18)15(11-4-2-5-12(17)10-11)14(19-20)8-7-13-6-3-9-21-13/h2-6,9-10H,7-8,18H2,1H3. The van der Waals surface area contributed by atoms with E-state index in [0.29, 0.717) is 12.2 Å². The molecule has 0 aliphatic heterocycles. The Balaban J connectivity index is 1.95. The molecule has 0 spiro atoms. The summed E-state index contributed by atoms with van der Waals surface area (Å²) in [5, 5.41) is 4.44. The van der Waals surface area contributed by atoms with Crippen LogP contribution in [0.4, 0.5) is 10.2 Å². The van der Waals surface area contributed by atoms with Crippen molar-refractivity contribution in [2.75, 3.05) is 5.73 Å². The highest BCUT2D eigenvalue weighted by atomic mass is 19.1. The van der Waals surface area contributed by atoms with Gasteiger partial charge in [0.15, 0.2) is 0 Å². The summed E-state index contributed by atoms with van der Waals surface area (Å²) < 4.78 is 20.4. The number of nitrogens with two attached hydrogens (primary N) is 1. The molecule has 21 heavy (non-hydrogen) atoms. The van der Waals surface area contributed by atoms with E-state index in [4.69, 9.17) is 10.2 Å². The first kappa shape index (κ1) is 13.4. The molecule has 3 aromatic rings. The van der Waals surface area contributed by atoms with Crippen molar-refractivity contribution in [2.45, 2.75) is 12.8 Å². The molecular formula is C16H16FN3O. The molecular weight excluding hydrogens is 269 g/mol. The van der Waals surface area contributed by atoms with Gasteiger partial charge in [0.05, 0.1) is 12.0 Å². The van der Waals surface area contributed by atoms with E-state index in [1.54, 1.807) is 24.1 Å². The average molecular weight is 285 g/mol. The van der Waals surface area contributed by atoms with Crippen molar-refractivity contribution in [3.8, 4) is 11.1 Å². The van der Waals surface area contributed by atoms with Gasteiger partial charge in [-0.25, -0.2) is 4.39 Å². The number of furan rings is 1. The molecule has 2 heterocycles. The quantitative estimate of drug-likeness (QED) is 0.801. The summed E-state index contributed by atoms with van der Waals surface area (Å²) in [5.41, 5.74) is 8.47. The van der Waals surface area contributed by atoms with Gasteiger partial charge in [0.2, 0.25) is 0 Å². The Morgan fingerprint density at radius 2 is 2.10 bits per heavy atom. The Bertz CT molecular complexity index is 747. The molecule has 0 aliphatic carbocycles. The maximum atomic E-state index is 13.4. The van der Waals surface area contributed by atoms with Crippen LogP contribution in [0.2, 0.25) is 0 Å². The Morgan fingerprint density at radius 3 is 2.81 bits per heavy atom. The molecule has 2 N–H and O–H groups in total. The summed E-state index contributed by atoms with van der Waals surface area (Å²) in [7, 11) is 1.79. The van der Waals surface area contributed by atoms with E-state index in [1.807, 2.05) is 18.2 Å². The number of hydrogen-bond acceptors (Lipinski definition) is 3. The van der Waals surface area contributed by atoms with Gasteiger partial charge in [-0.2, -0.15) is 5.10 Å². The summed E-state index contributed by atoms with van der Waals surface area (Å²) in [6, 6.07) is 10.2. The topological polar surface area (TPSA) is 57.0 Å². The molecule has 0 fully saturated rings. The number of rotatable bonds is 4. The monoisotopic (exact) mass is 285 g/mol. The number of nitrogen functional groups attached to an aromatic ring is 1. The number of anilines is 1. The molecule has 0 saturated heterocycles. The van der Waals surface area contributed by atoms with Gasteiger partial charge in [-0.3, -0.25) is 4.68 Å². The first-order chi connectivity index (χ1) is 10.1. The molecule has 0 unspecified atom stereocenters. The van der Waals surface area contributed by atoms with E-state index in [9.17, 15) is 4.39 Å². The lowest BCUT2D eigenvalue weighted by Crippen LogP contribution is -1.98. The van der Waals surface area contributed by atoms with Crippen LogP contribution in [0, 0.1) is 5.82 Å². The van der Waals surface area contributed by atoms with E-state index in [-0.39, 0.29) is 5.82 Å². The predicted molar refractivity (Wildman–Crippen MR) is 79.1 cm³/mol. The molecule has 0 atom stereocenters. The highest BCUT2D eigenvalue weighted by Gasteiger charge is 2.16. The zero-order chi connectivity index (χ0) is 14.8. The second-order valence-electron chi connectivity index (χ2n) is 4.92. The summed E-state index contributed by atoms with van der Waals surface area (Å²) in [4.78, 5) is 0. The van der Waals surface area contributed by atoms with Crippen molar-refractivity contribution in [2.24, 2.45) is 7.05 Å². The van der Waals surface area contributed by atoms with Crippen LogP contribution in [0.1, 0.15) is 11.5 Å². The average Bonchev–Trinajstić information content (AvgIpc) is 3.06. The molecule has 0 radical (unpaired) electrons. The number of benzene rings is 1. The third kappa shape index (κ3) is 2.67. The van der Waals surface area contributed by atoms with E-state index < -0.39 is 0 Å². The molecule has 0 saturated carbocycles. The molecule has 3 rings (SSSR count). The van der Waals surface area contributed by atoms with Crippen molar-refractivity contribution >= 4 is 5.82 Å². The second kappa shape index (κ2) is 5.44. The maximum absolute atomic E-state index is 13.4. The number of aryl methyl sites for hydroxylation is 3. The Morgan fingerprint density at radius 1 is 1.24 bits per heavy atom. The lowest BCUT2D eigenvalue weighted by Gasteiger charge is -2.04. The second-order valence-corrected chi connectivity index (χ2v) is 4.92. The normalized spacial score (nSPS) is 11.0. The van der Waals surface area contributed by atoms with Crippen molar-refractivity contribution in [3.05, 3.63) is 59.9 Å². The van der Waals surface area contributed by atoms with Crippen LogP contribution in [-0.2, 0) is 19.9 Å². The fraction of sp³-hybridized carbons (Fsp3) is 0.188. The summed E-state index contributed by atoms with van der Waals surface area (Å²) in [6.45, 7) is 0. The fourth-order valence-electron chi connectivity index (χ4n) is 2.42. The summed E-state index contributed by atoms with van der Waals surface area (Å²) in [5.74, 6) is 1.15. The third-order valence-electron chi connectivity index (χ3n) is 3.47. The van der Waals surface area contributed by atoms with Crippen LogP contribution in [0.25, 0.3) is 11.1 Å². The lowest BCUT2D eigenvalue weighted by molar-refractivity contribution is 0.507. The van der Waals surface area contributed by atoms with Gasteiger partial charge in [-0.05, 0) is 36.2 Å². The van der Waals surface area contributed by atoms with Gasteiger partial charge in [0, 0.05) is 19.0 Å². The molecule has 2 aromatic heterocycles. The number of halogens is 1. The van der Waals surface area contributed by atoms with Gasteiger partial charge in [0.25, 0.3) is 0 Å². The van der Waals surface area contributed by atoms with Crippen LogP contribution in [0.3, 0.4) is 0 Å². The van der Waals surface area contributed by atoms with Gasteiger partial charge in [0.1, 0.15) is 17.4 Å². The lowest BCUT2D eigenvalue weighted by atomic mass is 10.0. The van der Waals surface area contributed by atoms with Crippen molar-refractivity contribution in [3.63, 3.8) is 0 Å². The van der Waals surface area contributed by atoms with Crippen LogP contribution in [0.5, 0.6) is 0 Å². The minimum absolute atomic E-state index is 0.285. The summed E-state index contributed by atoms with van der Waals surface area (Å²) >= 11 is 0. The van der Waals surface area contributed by atoms with Crippen LogP contribution < -0.4 is 5.73 Å². The number of nitrogens with zero attached hydrogens (tertiary/aromatic N) is 2. The van der Waals surface area contributed by atoms with Gasteiger partial charge < -0.3 is 10.2 Å². The van der Waals surface area contributed by atoms with E-state index in [0.717, 1.165) is 29.0 Å². The van der Waals surface area contributed by atoms with Gasteiger partial charge >= 0.3 is 0 Å². The van der Waals surface area contributed by atoms with Crippen molar-refractivity contribution in [1.29, 1.82) is 0 Å². The first-order valence-electron chi connectivity index (χ1n) is 6.75. The zero-order valence-electron chi connectivity index (χ0n) is 11.7. The molecule has 5 heteroatoms. The highest BCUT2D eigenvalue weighted by molar-refractivity contribution is 5.76. The summed E-state index contributed by atoms with van der Waals surface area (Å²) in [6.07, 6.45) is 3.06. The largest absolute Gasteiger partial charge is 0.469 e. The van der Waals surface area contributed by atoms with E-state index in [1.165, 1.54) is 12.1 Å². The third-order valence-corrected chi connectivity index (χ3v) is 3.47. The van der Waals surface area contributed by atoms with E-state index >= 15 is 0 Å². The minimum atomic E-state index is -0.285. The minimum Gasteiger partial charge on any atom is -0.469 e. The molecule has 0 amide bonds.